The van der Waals surface area contributed by atoms with Crippen LogP contribution in [0.3, 0.4) is 0 Å². The highest BCUT2D eigenvalue weighted by Gasteiger charge is 2.18. The molecule has 0 saturated carbocycles. The zero-order valence-electron chi connectivity index (χ0n) is 13.9. The number of methoxy groups -OCH3 is 1. The minimum Gasteiger partial charge on any atom is -0.469 e. The molecule has 24 heavy (non-hydrogen) atoms. The Balaban J connectivity index is 2.08. The summed E-state index contributed by atoms with van der Waals surface area (Å²) in [5, 5.41) is 0. The van der Waals surface area contributed by atoms with Gasteiger partial charge in [0.2, 0.25) is 0 Å². The zero-order chi connectivity index (χ0) is 17.2. The van der Waals surface area contributed by atoms with Crippen LogP contribution in [0.4, 0.5) is 0 Å². The lowest BCUT2D eigenvalue weighted by Gasteiger charge is -2.25. The molecule has 126 valence electrons. The van der Waals surface area contributed by atoms with Gasteiger partial charge in [0.05, 0.1) is 13.5 Å². The molecule has 2 aromatic carbocycles. The summed E-state index contributed by atoms with van der Waals surface area (Å²) in [6.07, 6.45) is 0.958. The first-order chi connectivity index (χ1) is 11.7. The largest absolute Gasteiger partial charge is 0.469 e. The summed E-state index contributed by atoms with van der Waals surface area (Å²) in [5.74, 6) is -0.726. The van der Waals surface area contributed by atoms with Gasteiger partial charge in [-0.25, -0.2) is 0 Å². The molecule has 0 aliphatic heterocycles. The van der Waals surface area contributed by atoms with E-state index in [1.54, 1.807) is 0 Å². The summed E-state index contributed by atoms with van der Waals surface area (Å²) >= 11 is 0. The quantitative estimate of drug-likeness (QED) is 0.525. The van der Waals surface area contributed by atoms with Crippen molar-refractivity contribution in [1.82, 2.24) is 4.90 Å². The fourth-order valence-corrected chi connectivity index (χ4v) is 2.65. The highest BCUT2D eigenvalue weighted by Crippen LogP contribution is 2.13. The van der Waals surface area contributed by atoms with E-state index < -0.39 is 0 Å². The molecule has 1 atom stereocenters. The van der Waals surface area contributed by atoms with Crippen molar-refractivity contribution in [2.45, 2.75) is 19.5 Å². The standard InChI is InChI=1S/C20H23NO3/c1-24-20(23)12-19(16-22)15-21(13-17-8-4-2-5-9-17)14-18-10-6-3-7-11-18/h2-11,16,19H,12-15H2,1H3/t19-/m1/s1. The van der Waals surface area contributed by atoms with E-state index in [0.717, 1.165) is 19.4 Å². The monoisotopic (exact) mass is 325 g/mol. The Bertz CT molecular complexity index is 586. The Kier molecular flexibility index (Phi) is 7.18. The number of nitrogens with zero attached hydrogens (tertiary/aromatic N) is 1. The molecular formula is C20H23NO3. The van der Waals surface area contributed by atoms with Crippen LogP contribution >= 0.6 is 0 Å². The first-order valence-electron chi connectivity index (χ1n) is 8.03. The average Bonchev–Trinajstić information content (AvgIpc) is 2.62. The number of ether oxygens (including phenoxy) is 1. The highest BCUT2D eigenvalue weighted by atomic mass is 16.5. The summed E-state index contributed by atoms with van der Waals surface area (Å²) in [6.45, 7) is 1.96. The Labute approximate surface area is 143 Å². The second-order valence-electron chi connectivity index (χ2n) is 5.82. The van der Waals surface area contributed by atoms with E-state index in [1.807, 2.05) is 36.4 Å². The lowest BCUT2D eigenvalue weighted by molar-refractivity contribution is -0.142. The van der Waals surface area contributed by atoms with E-state index in [-0.39, 0.29) is 18.3 Å². The topological polar surface area (TPSA) is 46.6 Å². The normalized spacial score (nSPS) is 11.9. The number of benzene rings is 2. The summed E-state index contributed by atoms with van der Waals surface area (Å²) < 4.78 is 4.68. The lowest BCUT2D eigenvalue weighted by atomic mass is 10.1. The van der Waals surface area contributed by atoms with Crippen molar-refractivity contribution in [3.05, 3.63) is 71.8 Å². The van der Waals surface area contributed by atoms with Gasteiger partial charge in [-0.2, -0.15) is 0 Å². The molecule has 0 heterocycles. The molecule has 0 amide bonds. The van der Waals surface area contributed by atoms with Crippen molar-refractivity contribution in [2.75, 3.05) is 13.7 Å². The van der Waals surface area contributed by atoms with Crippen molar-refractivity contribution < 1.29 is 14.3 Å². The molecule has 0 bridgehead atoms. The smallest absolute Gasteiger partial charge is 0.306 e. The van der Waals surface area contributed by atoms with Gasteiger partial charge < -0.3 is 9.53 Å². The van der Waals surface area contributed by atoms with Gasteiger partial charge in [0, 0.05) is 25.6 Å². The number of carbonyl (C=O) groups is 2. The van der Waals surface area contributed by atoms with Gasteiger partial charge in [0.25, 0.3) is 0 Å². The van der Waals surface area contributed by atoms with Gasteiger partial charge in [-0.3, -0.25) is 9.69 Å². The molecule has 0 saturated heterocycles. The molecule has 4 nitrogen and oxygen atoms in total. The van der Waals surface area contributed by atoms with Crippen molar-refractivity contribution in [1.29, 1.82) is 0 Å². The molecule has 0 aliphatic rings. The predicted molar refractivity (Wildman–Crippen MR) is 93.2 cm³/mol. The number of hydrogen-bond acceptors (Lipinski definition) is 4. The number of aldehydes is 1. The Hall–Kier alpha value is -2.46. The first-order valence-corrected chi connectivity index (χ1v) is 8.03. The van der Waals surface area contributed by atoms with Gasteiger partial charge in [-0.15, -0.1) is 0 Å². The number of esters is 1. The Morgan fingerprint density at radius 3 is 1.92 bits per heavy atom. The molecule has 0 spiro atoms. The maximum Gasteiger partial charge on any atom is 0.306 e. The van der Waals surface area contributed by atoms with E-state index in [2.05, 4.69) is 33.9 Å². The molecule has 2 rings (SSSR count). The summed E-state index contributed by atoms with van der Waals surface area (Å²) in [5.41, 5.74) is 2.35. The third-order valence-corrected chi connectivity index (χ3v) is 3.84. The Morgan fingerprint density at radius 2 is 1.50 bits per heavy atom. The molecule has 0 radical (unpaired) electrons. The van der Waals surface area contributed by atoms with Gasteiger partial charge >= 0.3 is 5.97 Å². The lowest BCUT2D eigenvalue weighted by Crippen LogP contribution is -2.31. The van der Waals surface area contributed by atoms with Crippen molar-refractivity contribution in [3.63, 3.8) is 0 Å². The molecule has 0 aromatic heterocycles. The van der Waals surface area contributed by atoms with Gasteiger partial charge in [-0.05, 0) is 11.1 Å². The van der Waals surface area contributed by atoms with Gasteiger partial charge in [0.1, 0.15) is 6.29 Å². The summed E-state index contributed by atoms with van der Waals surface area (Å²) in [4.78, 5) is 25.0. The van der Waals surface area contributed by atoms with E-state index in [9.17, 15) is 9.59 Å². The van der Waals surface area contributed by atoms with Crippen LogP contribution in [0.1, 0.15) is 17.5 Å². The minimum atomic E-state index is -0.370. The summed E-state index contributed by atoms with van der Waals surface area (Å²) in [7, 11) is 1.34. The highest BCUT2D eigenvalue weighted by molar-refractivity contribution is 5.73. The second kappa shape index (κ2) is 9.63. The average molecular weight is 325 g/mol. The van der Waals surface area contributed by atoms with Gasteiger partial charge in [-0.1, -0.05) is 60.7 Å². The van der Waals surface area contributed by atoms with Crippen molar-refractivity contribution >= 4 is 12.3 Å². The van der Waals surface area contributed by atoms with Crippen LogP contribution in [0.25, 0.3) is 0 Å². The van der Waals surface area contributed by atoms with E-state index in [1.165, 1.54) is 18.2 Å². The van der Waals surface area contributed by atoms with Crippen molar-refractivity contribution in [2.24, 2.45) is 5.92 Å². The van der Waals surface area contributed by atoms with Crippen LogP contribution in [-0.4, -0.2) is 30.8 Å². The van der Waals surface area contributed by atoms with Gasteiger partial charge in [0.15, 0.2) is 0 Å². The number of carbonyl (C=O) groups excluding carboxylic acids is 2. The van der Waals surface area contributed by atoms with E-state index >= 15 is 0 Å². The predicted octanol–water partition coefficient (Wildman–Crippen LogP) is 3.07. The maximum absolute atomic E-state index is 11.5. The van der Waals surface area contributed by atoms with E-state index in [0.29, 0.717) is 6.54 Å². The van der Waals surface area contributed by atoms with Crippen LogP contribution in [0.5, 0.6) is 0 Å². The molecular weight excluding hydrogens is 302 g/mol. The Morgan fingerprint density at radius 1 is 1.00 bits per heavy atom. The van der Waals surface area contributed by atoms with Crippen LogP contribution in [0.2, 0.25) is 0 Å². The SMILES string of the molecule is COC(=O)C[C@@H](C=O)CN(Cc1ccccc1)Cc1ccccc1. The minimum absolute atomic E-state index is 0.111. The molecule has 0 N–H and O–H groups in total. The molecule has 2 aromatic rings. The number of hydrogen-bond donors (Lipinski definition) is 0. The number of rotatable bonds is 9. The second-order valence-corrected chi connectivity index (χ2v) is 5.82. The summed E-state index contributed by atoms with van der Waals surface area (Å²) in [6, 6.07) is 20.2. The molecule has 0 unspecified atom stereocenters. The van der Waals surface area contributed by atoms with Crippen molar-refractivity contribution in [3.8, 4) is 0 Å². The molecule has 4 heteroatoms. The van der Waals surface area contributed by atoms with Crippen LogP contribution in [-0.2, 0) is 27.4 Å². The third kappa shape index (κ3) is 5.97. The first kappa shape index (κ1) is 17.9. The molecule has 0 fully saturated rings. The van der Waals surface area contributed by atoms with Crippen LogP contribution in [0.15, 0.2) is 60.7 Å². The van der Waals surface area contributed by atoms with E-state index in [4.69, 9.17) is 0 Å². The fourth-order valence-electron chi connectivity index (χ4n) is 2.65. The maximum atomic E-state index is 11.5. The fraction of sp³-hybridized carbons (Fsp3) is 0.300. The van der Waals surface area contributed by atoms with Crippen LogP contribution in [0, 0.1) is 5.92 Å². The zero-order valence-corrected chi connectivity index (χ0v) is 13.9. The third-order valence-electron chi connectivity index (χ3n) is 3.84. The van der Waals surface area contributed by atoms with Crippen LogP contribution < -0.4 is 0 Å². The molecule has 0 aliphatic carbocycles.